The summed E-state index contributed by atoms with van der Waals surface area (Å²) in [5.41, 5.74) is -1.54. The smallest absolute Gasteiger partial charge is 0.408 e. The molecule has 0 saturated heterocycles. The van der Waals surface area contributed by atoms with Crippen molar-refractivity contribution in [3.63, 3.8) is 0 Å². The number of aliphatic hydroxyl groups is 1. The first kappa shape index (κ1) is 23.2. The standard InChI is InChI=1S/C21H36N4O4/c1-20(2,3)29-19(27)22-16(13-15-9-7-6-8-10-15)18(26)23-17-11-12-25(24-17)14-21(4,5)28/h11-12,15-16,28H,6-10,13-14H2,1-5H3,(H,22,27)(H,23,24,26)/t16-/m0/s1. The molecule has 2 amide bonds. The summed E-state index contributed by atoms with van der Waals surface area (Å²) in [5.74, 6) is 0.482. The van der Waals surface area contributed by atoms with Gasteiger partial charge in [-0.15, -0.1) is 0 Å². The first-order valence-corrected chi connectivity index (χ1v) is 10.5. The van der Waals surface area contributed by atoms with Gasteiger partial charge in [0.2, 0.25) is 5.91 Å². The van der Waals surface area contributed by atoms with Crippen LogP contribution < -0.4 is 10.6 Å². The van der Waals surface area contributed by atoms with Gasteiger partial charge in [0.1, 0.15) is 11.6 Å². The lowest BCUT2D eigenvalue weighted by molar-refractivity contribution is -0.118. The maximum Gasteiger partial charge on any atom is 0.408 e. The van der Waals surface area contributed by atoms with Crippen molar-refractivity contribution in [3.05, 3.63) is 12.3 Å². The molecule has 0 aliphatic heterocycles. The summed E-state index contributed by atoms with van der Waals surface area (Å²) in [6.45, 7) is 9.06. The molecule has 8 nitrogen and oxygen atoms in total. The Morgan fingerprint density at radius 1 is 1.24 bits per heavy atom. The van der Waals surface area contributed by atoms with Crippen molar-refractivity contribution in [2.24, 2.45) is 5.92 Å². The molecule has 2 rings (SSSR count). The van der Waals surface area contributed by atoms with Gasteiger partial charge >= 0.3 is 6.09 Å². The second-order valence-electron chi connectivity index (χ2n) is 9.64. The van der Waals surface area contributed by atoms with Gasteiger partial charge < -0.3 is 20.5 Å². The third kappa shape index (κ3) is 8.85. The Kier molecular flexibility index (Phi) is 7.68. The van der Waals surface area contributed by atoms with E-state index < -0.39 is 23.3 Å². The van der Waals surface area contributed by atoms with Crippen LogP contribution in [0.3, 0.4) is 0 Å². The van der Waals surface area contributed by atoms with Crippen LogP contribution in [0.2, 0.25) is 0 Å². The molecule has 1 aromatic heterocycles. The molecule has 0 spiro atoms. The van der Waals surface area contributed by atoms with Crippen LogP contribution >= 0.6 is 0 Å². The lowest BCUT2D eigenvalue weighted by Gasteiger charge is -2.27. The third-order valence-corrected chi connectivity index (χ3v) is 4.74. The van der Waals surface area contributed by atoms with E-state index >= 15 is 0 Å². The van der Waals surface area contributed by atoms with Crippen LogP contribution in [-0.4, -0.2) is 44.1 Å². The number of anilines is 1. The van der Waals surface area contributed by atoms with E-state index in [4.69, 9.17) is 4.74 Å². The molecule has 1 aliphatic carbocycles. The highest BCUT2D eigenvalue weighted by Crippen LogP contribution is 2.27. The quantitative estimate of drug-likeness (QED) is 0.641. The van der Waals surface area contributed by atoms with Gasteiger partial charge in [-0.05, 0) is 47.0 Å². The fourth-order valence-corrected chi connectivity index (χ4v) is 3.56. The van der Waals surface area contributed by atoms with E-state index in [1.165, 1.54) is 6.42 Å². The summed E-state index contributed by atoms with van der Waals surface area (Å²) in [6.07, 6.45) is 7.37. The summed E-state index contributed by atoms with van der Waals surface area (Å²) >= 11 is 0. The molecule has 1 heterocycles. The maximum absolute atomic E-state index is 12.9. The lowest BCUT2D eigenvalue weighted by Crippen LogP contribution is -2.47. The molecular weight excluding hydrogens is 372 g/mol. The van der Waals surface area contributed by atoms with Gasteiger partial charge in [-0.1, -0.05) is 32.1 Å². The number of nitrogens with zero attached hydrogens (tertiary/aromatic N) is 2. The Morgan fingerprint density at radius 2 is 1.90 bits per heavy atom. The van der Waals surface area contributed by atoms with Gasteiger partial charge in [0.25, 0.3) is 0 Å². The molecule has 1 aliphatic rings. The van der Waals surface area contributed by atoms with Crippen molar-refractivity contribution in [1.82, 2.24) is 15.1 Å². The van der Waals surface area contributed by atoms with E-state index in [0.29, 0.717) is 24.7 Å². The number of hydrogen-bond donors (Lipinski definition) is 3. The molecule has 1 atom stereocenters. The molecule has 3 N–H and O–H groups in total. The SMILES string of the molecule is CC(C)(O)Cn1ccc(NC(=O)[C@H](CC2CCCCC2)NC(=O)OC(C)(C)C)n1. The van der Waals surface area contributed by atoms with Crippen molar-refractivity contribution in [3.8, 4) is 0 Å². The van der Waals surface area contributed by atoms with Gasteiger partial charge in [0.15, 0.2) is 5.82 Å². The molecule has 29 heavy (non-hydrogen) atoms. The summed E-state index contributed by atoms with van der Waals surface area (Å²) < 4.78 is 6.92. The van der Waals surface area contributed by atoms with Crippen molar-refractivity contribution in [1.29, 1.82) is 0 Å². The molecule has 0 bridgehead atoms. The summed E-state index contributed by atoms with van der Waals surface area (Å²) in [5, 5.41) is 19.7. The van der Waals surface area contributed by atoms with E-state index in [9.17, 15) is 14.7 Å². The number of carbonyl (C=O) groups excluding carboxylic acids is 2. The van der Waals surface area contributed by atoms with Gasteiger partial charge in [0.05, 0.1) is 12.1 Å². The normalized spacial score (nSPS) is 16.9. The number of nitrogens with one attached hydrogen (secondary N) is 2. The fourth-order valence-electron chi connectivity index (χ4n) is 3.56. The Labute approximate surface area is 173 Å². The highest BCUT2D eigenvalue weighted by molar-refractivity contribution is 5.95. The topological polar surface area (TPSA) is 105 Å². The van der Waals surface area contributed by atoms with Crippen molar-refractivity contribution >= 4 is 17.8 Å². The first-order chi connectivity index (χ1) is 13.4. The summed E-state index contributed by atoms with van der Waals surface area (Å²) in [4.78, 5) is 25.2. The highest BCUT2D eigenvalue weighted by atomic mass is 16.6. The number of alkyl carbamates (subject to hydrolysis) is 1. The van der Waals surface area contributed by atoms with Crippen LogP contribution in [0.15, 0.2) is 12.3 Å². The van der Waals surface area contributed by atoms with Gasteiger partial charge in [-0.2, -0.15) is 5.10 Å². The Hall–Kier alpha value is -2.09. The summed E-state index contributed by atoms with van der Waals surface area (Å²) in [7, 11) is 0. The second-order valence-corrected chi connectivity index (χ2v) is 9.64. The zero-order valence-electron chi connectivity index (χ0n) is 18.3. The highest BCUT2D eigenvalue weighted by Gasteiger charge is 2.28. The Bertz CT molecular complexity index is 682. The zero-order valence-corrected chi connectivity index (χ0v) is 18.3. The molecular formula is C21H36N4O4. The van der Waals surface area contributed by atoms with Gasteiger partial charge in [-0.25, -0.2) is 4.79 Å². The Morgan fingerprint density at radius 3 is 2.48 bits per heavy atom. The van der Waals surface area contributed by atoms with E-state index in [-0.39, 0.29) is 5.91 Å². The number of aromatic nitrogens is 2. The van der Waals surface area contributed by atoms with Crippen molar-refractivity contribution < 1.29 is 19.4 Å². The molecule has 8 heteroatoms. The number of amides is 2. The van der Waals surface area contributed by atoms with E-state index in [1.807, 2.05) is 0 Å². The van der Waals surface area contributed by atoms with E-state index in [0.717, 1.165) is 25.7 Å². The lowest BCUT2D eigenvalue weighted by atomic mass is 9.84. The van der Waals surface area contributed by atoms with Crippen molar-refractivity contribution in [2.75, 3.05) is 5.32 Å². The van der Waals surface area contributed by atoms with Crippen LogP contribution in [0.5, 0.6) is 0 Å². The van der Waals surface area contributed by atoms with E-state index in [1.54, 1.807) is 51.6 Å². The predicted molar refractivity (Wildman–Crippen MR) is 112 cm³/mol. The first-order valence-electron chi connectivity index (χ1n) is 10.5. The molecule has 0 aromatic carbocycles. The van der Waals surface area contributed by atoms with Crippen LogP contribution in [0.1, 0.15) is 73.1 Å². The van der Waals surface area contributed by atoms with Crippen LogP contribution in [-0.2, 0) is 16.1 Å². The van der Waals surface area contributed by atoms with Crippen LogP contribution in [0.25, 0.3) is 0 Å². The predicted octanol–water partition coefficient (Wildman–Crippen LogP) is 3.46. The van der Waals surface area contributed by atoms with E-state index in [2.05, 4.69) is 15.7 Å². The molecule has 1 saturated carbocycles. The summed E-state index contributed by atoms with van der Waals surface area (Å²) in [6, 6.07) is 0.988. The molecule has 164 valence electrons. The van der Waals surface area contributed by atoms with Crippen LogP contribution in [0, 0.1) is 5.92 Å². The minimum Gasteiger partial charge on any atom is -0.444 e. The monoisotopic (exact) mass is 408 g/mol. The number of rotatable bonds is 7. The minimum absolute atomic E-state index is 0.310. The number of ether oxygens (including phenoxy) is 1. The number of hydrogen-bond acceptors (Lipinski definition) is 5. The van der Waals surface area contributed by atoms with Gasteiger partial charge in [-0.3, -0.25) is 9.48 Å². The molecule has 0 unspecified atom stereocenters. The van der Waals surface area contributed by atoms with Crippen LogP contribution in [0.4, 0.5) is 10.6 Å². The maximum atomic E-state index is 12.9. The average molecular weight is 409 g/mol. The second kappa shape index (κ2) is 9.61. The molecule has 1 aromatic rings. The largest absolute Gasteiger partial charge is 0.444 e. The van der Waals surface area contributed by atoms with Crippen molar-refractivity contribution in [2.45, 2.75) is 96.9 Å². The fraction of sp³-hybridized carbons (Fsp3) is 0.762. The average Bonchev–Trinajstić information content (AvgIpc) is 2.98. The third-order valence-electron chi connectivity index (χ3n) is 4.74. The minimum atomic E-state index is -0.908. The Balaban J connectivity index is 2.03. The van der Waals surface area contributed by atoms with Gasteiger partial charge in [0, 0.05) is 12.3 Å². The number of carbonyl (C=O) groups is 2. The zero-order chi connectivity index (χ0) is 21.7. The molecule has 1 fully saturated rings. The molecule has 0 radical (unpaired) electrons.